The molecular weight excluding hydrogens is 306 g/mol. The van der Waals surface area contributed by atoms with Crippen molar-refractivity contribution in [2.45, 2.75) is 31.7 Å². The van der Waals surface area contributed by atoms with Gasteiger partial charge in [-0.25, -0.2) is 0 Å². The van der Waals surface area contributed by atoms with Gasteiger partial charge in [0.1, 0.15) is 0 Å². The van der Waals surface area contributed by atoms with E-state index in [2.05, 4.69) is 32.1 Å². The third kappa shape index (κ3) is 3.22. The Morgan fingerprint density at radius 1 is 1.37 bits per heavy atom. The highest BCUT2D eigenvalue weighted by atomic mass is 79.9. The van der Waals surface area contributed by atoms with Gasteiger partial charge in [-0.15, -0.1) is 0 Å². The van der Waals surface area contributed by atoms with Crippen molar-refractivity contribution >= 4 is 15.9 Å². The number of nitrogens with zero attached hydrogens (tertiary/aromatic N) is 2. The van der Waals surface area contributed by atoms with Crippen LogP contribution in [0.4, 0.5) is 0 Å². The Morgan fingerprint density at radius 3 is 2.89 bits per heavy atom. The molecule has 2 aromatic rings. The molecule has 1 aliphatic rings. The monoisotopic (exact) mass is 321 g/mol. The number of hydrogen-bond acceptors (Lipinski definition) is 4. The average molecular weight is 322 g/mol. The summed E-state index contributed by atoms with van der Waals surface area (Å²) in [6.07, 6.45) is 3.83. The first-order valence-electron chi connectivity index (χ1n) is 6.53. The molecule has 19 heavy (non-hydrogen) atoms. The Kier molecular flexibility index (Phi) is 3.66. The summed E-state index contributed by atoms with van der Waals surface area (Å²) < 4.78 is 6.33. The maximum atomic E-state index is 6.06. The zero-order chi connectivity index (χ0) is 13.2. The highest BCUT2D eigenvalue weighted by Gasteiger charge is 2.29. The molecule has 1 heterocycles. The Balaban J connectivity index is 1.66. The molecule has 1 unspecified atom stereocenters. The van der Waals surface area contributed by atoms with Crippen LogP contribution in [0.15, 0.2) is 33.3 Å². The summed E-state index contributed by atoms with van der Waals surface area (Å²) in [5.74, 6) is 2.02. The average Bonchev–Trinajstić information content (AvgIpc) is 3.16. The Bertz CT molecular complexity index is 565. The summed E-state index contributed by atoms with van der Waals surface area (Å²) in [7, 11) is 0. The minimum atomic E-state index is 0.164. The third-order valence-electron chi connectivity index (χ3n) is 3.45. The molecule has 1 aromatic heterocycles. The van der Waals surface area contributed by atoms with E-state index in [9.17, 15) is 0 Å². The minimum absolute atomic E-state index is 0.164. The topological polar surface area (TPSA) is 64.9 Å². The summed E-state index contributed by atoms with van der Waals surface area (Å²) in [6.45, 7) is 0. The van der Waals surface area contributed by atoms with Gasteiger partial charge in [-0.2, -0.15) is 4.98 Å². The quantitative estimate of drug-likeness (QED) is 0.919. The Morgan fingerprint density at radius 2 is 2.16 bits per heavy atom. The molecule has 1 saturated carbocycles. The summed E-state index contributed by atoms with van der Waals surface area (Å²) in [4.78, 5) is 4.42. The van der Waals surface area contributed by atoms with Gasteiger partial charge >= 0.3 is 0 Å². The van der Waals surface area contributed by atoms with Gasteiger partial charge in [0.15, 0.2) is 5.82 Å². The fourth-order valence-electron chi connectivity index (χ4n) is 2.15. The molecule has 0 amide bonds. The molecule has 1 aromatic carbocycles. The number of halogens is 1. The summed E-state index contributed by atoms with van der Waals surface area (Å²) >= 11 is 3.52. The number of nitrogens with two attached hydrogens (primary N) is 1. The lowest BCUT2D eigenvalue weighted by atomic mass is 10.1. The van der Waals surface area contributed by atoms with E-state index in [1.165, 1.54) is 12.8 Å². The lowest BCUT2D eigenvalue weighted by Gasteiger charge is -2.04. The van der Waals surface area contributed by atoms with Crippen LogP contribution in [-0.2, 0) is 12.8 Å². The second-order valence-corrected chi connectivity index (χ2v) is 5.93. The largest absolute Gasteiger partial charge is 0.339 e. The number of hydrogen-bond donors (Lipinski definition) is 1. The van der Waals surface area contributed by atoms with E-state index < -0.39 is 0 Å². The molecule has 100 valence electrons. The zero-order valence-corrected chi connectivity index (χ0v) is 12.1. The van der Waals surface area contributed by atoms with Crippen molar-refractivity contribution in [3.63, 3.8) is 0 Å². The molecule has 0 aliphatic heterocycles. The lowest BCUT2D eigenvalue weighted by Crippen LogP contribution is -2.25. The fraction of sp³-hybridized carbons (Fsp3) is 0.429. The zero-order valence-electron chi connectivity index (χ0n) is 10.6. The normalized spacial score (nSPS) is 16.5. The first kappa shape index (κ1) is 12.8. The number of aromatic nitrogens is 2. The molecule has 1 aliphatic carbocycles. The smallest absolute Gasteiger partial charge is 0.228 e. The van der Waals surface area contributed by atoms with Gasteiger partial charge in [-0.1, -0.05) is 39.3 Å². The van der Waals surface area contributed by atoms with E-state index in [1.54, 1.807) is 0 Å². The second-order valence-electron chi connectivity index (χ2n) is 5.08. The molecule has 0 bridgehead atoms. The highest BCUT2D eigenvalue weighted by Crippen LogP contribution is 2.32. The van der Waals surface area contributed by atoms with Crippen LogP contribution >= 0.6 is 15.9 Å². The van der Waals surface area contributed by atoms with Crippen molar-refractivity contribution in [2.24, 2.45) is 11.7 Å². The van der Waals surface area contributed by atoms with Gasteiger partial charge in [-0.05, 0) is 30.4 Å². The van der Waals surface area contributed by atoms with Gasteiger partial charge in [0, 0.05) is 23.4 Å². The van der Waals surface area contributed by atoms with Crippen molar-refractivity contribution in [3.8, 4) is 0 Å². The maximum Gasteiger partial charge on any atom is 0.228 e. The number of rotatable bonds is 5. The van der Waals surface area contributed by atoms with Crippen LogP contribution in [0.2, 0.25) is 0 Å². The van der Waals surface area contributed by atoms with E-state index in [0.29, 0.717) is 30.5 Å². The standard InChI is InChI=1S/C14H16BrN3O/c15-11-4-2-1-3-10(11)7-13-17-14(19-18-13)8-12(16)9-5-6-9/h1-4,9,12H,5-8,16H2. The molecule has 2 N–H and O–H groups in total. The van der Waals surface area contributed by atoms with Crippen molar-refractivity contribution in [1.82, 2.24) is 10.1 Å². The van der Waals surface area contributed by atoms with E-state index in [4.69, 9.17) is 10.3 Å². The van der Waals surface area contributed by atoms with Crippen LogP contribution in [0.5, 0.6) is 0 Å². The molecule has 1 atom stereocenters. The molecule has 5 heteroatoms. The van der Waals surface area contributed by atoms with Gasteiger partial charge in [0.2, 0.25) is 5.89 Å². The van der Waals surface area contributed by atoms with Crippen LogP contribution in [0, 0.1) is 5.92 Å². The Labute approximate surface area is 120 Å². The van der Waals surface area contributed by atoms with E-state index in [1.807, 2.05) is 18.2 Å². The van der Waals surface area contributed by atoms with E-state index in [0.717, 1.165) is 10.0 Å². The van der Waals surface area contributed by atoms with Gasteiger partial charge in [0.05, 0.1) is 0 Å². The van der Waals surface area contributed by atoms with E-state index >= 15 is 0 Å². The van der Waals surface area contributed by atoms with Crippen LogP contribution in [0.25, 0.3) is 0 Å². The molecular formula is C14H16BrN3O. The second kappa shape index (κ2) is 5.43. The predicted molar refractivity (Wildman–Crippen MR) is 75.6 cm³/mol. The SMILES string of the molecule is NC(Cc1nc(Cc2ccccc2Br)no1)C1CC1. The van der Waals surface area contributed by atoms with Crippen molar-refractivity contribution in [2.75, 3.05) is 0 Å². The maximum absolute atomic E-state index is 6.06. The third-order valence-corrected chi connectivity index (χ3v) is 4.23. The summed E-state index contributed by atoms with van der Waals surface area (Å²) in [6, 6.07) is 8.22. The lowest BCUT2D eigenvalue weighted by molar-refractivity contribution is 0.359. The van der Waals surface area contributed by atoms with Gasteiger partial charge < -0.3 is 10.3 Å². The first-order chi connectivity index (χ1) is 9.22. The van der Waals surface area contributed by atoms with Gasteiger partial charge in [-0.3, -0.25) is 0 Å². The summed E-state index contributed by atoms with van der Waals surface area (Å²) in [5.41, 5.74) is 7.22. The molecule has 4 nitrogen and oxygen atoms in total. The molecule has 0 saturated heterocycles. The van der Waals surface area contributed by atoms with Crippen LogP contribution < -0.4 is 5.73 Å². The Hall–Kier alpha value is -1.20. The molecule has 1 fully saturated rings. The van der Waals surface area contributed by atoms with Gasteiger partial charge in [0.25, 0.3) is 0 Å². The first-order valence-corrected chi connectivity index (χ1v) is 7.32. The summed E-state index contributed by atoms with van der Waals surface area (Å²) in [5, 5.41) is 4.02. The van der Waals surface area contributed by atoms with E-state index in [-0.39, 0.29) is 6.04 Å². The molecule has 3 rings (SSSR count). The molecule has 0 radical (unpaired) electrons. The van der Waals surface area contributed by atoms with Crippen molar-refractivity contribution in [3.05, 3.63) is 46.0 Å². The minimum Gasteiger partial charge on any atom is -0.339 e. The van der Waals surface area contributed by atoms with Crippen LogP contribution in [-0.4, -0.2) is 16.2 Å². The van der Waals surface area contributed by atoms with Crippen molar-refractivity contribution in [1.29, 1.82) is 0 Å². The van der Waals surface area contributed by atoms with Crippen LogP contribution in [0.1, 0.15) is 30.1 Å². The van der Waals surface area contributed by atoms with Crippen molar-refractivity contribution < 1.29 is 4.52 Å². The number of benzene rings is 1. The highest BCUT2D eigenvalue weighted by molar-refractivity contribution is 9.10. The fourth-order valence-corrected chi connectivity index (χ4v) is 2.57. The van der Waals surface area contributed by atoms with Crippen LogP contribution in [0.3, 0.4) is 0 Å². The molecule has 0 spiro atoms. The predicted octanol–water partition coefficient (Wildman–Crippen LogP) is 2.70.